The molecule has 0 bridgehead atoms. The monoisotopic (exact) mass is 146 g/mol. The molecule has 0 aromatic carbocycles. The number of hydrogen-bond acceptors (Lipinski definition) is 0. The van der Waals surface area contributed by atoms with Crippen LogP contribution >= 0.6 is 11.6 Å². The summed E-state index contributed by atoms with van der Waals surface area (Å²) in [6.07, 6.45) is 5.53. The van der Waals surface area contributed by atoms with Gasteiger partial charge in [-0.1, -0.05) is 19.8 Å². The molecular weight excluding hydrogens is 132 g/mol. The van der Waals surface area contributed by atoms with Crippen LogP contribution in [0.3, 0.4) is 0 Å². The minimum atomic E-state index is 0.836. The van der Waals surface area contributed by atoms with Crippen molar-refractivity contribution in [3.05, 3.63) is 0 Å². The van der Waals surface area contributed by atoms with E-state index in [2.05, 4.69) is 6.92 Å². The highest BCUT2D eigenvalue weighted by Gasteiger charge is 2.16. The van der Waals surface area contributed by atoms with Gasteiger partial charge in [0.15, 0.2) is 0 Å². The third-order valence-electron chi connectivity index (χ3n) is 2.35. The summed E-state index contributed by atoms with van der Waals surface area (Å²) >= 11 is 5.73. The topological polar surface area (TPSA) is 0 Å². The lowest BCUT2D eigenvalue weighted by atomic mass is 9.84. The van der Waals surface area contributed by atoms with Crippen LogP contribution in [0.2, 0.25) is 0 Å². The van der Waals surface area contributed by atoms with E-state index in [9.17, 15) is 0 Å². The number of halogens is 1. The van der Waals surface area contributed by atoms with Gasteiger partial charge in [-0.2, -0.15) is 0 Å². The quantitative estimate of drug-likeness (QED) is 0.499. The molecule has 0 nitrogen and oxygen atoms in total. The maximum Gasteiger partial charge on any atom is 0.0251 e. The Morgan fingerprint density at radius 2 is 1.78 bits per heavy atom. The molecule has 9 heavy (non-hydrogen) atoms. The predicted molar refractivity (Wildman–Crippen MR) is 41.8 cm³/mol. The van der Waals surface area contributed by atoms with Gasteiger partial charge < -0.3 is 0 Å². The number of alkyl halides is 1. The molecule has 0 radical (unpaired) electrons. The normalized spacial score (nSPS) is 36.7. The first-order valence-electron chi connectivity index (χ1n) is 3.89. The molecular formula is C8H15Cl. The Kier molecular flexibility index (Phi) is 2.84. The maximum absolute atomic E-state index is 5.73. The van der Waals surface area contributed by atoms with Gasteiger partial charge in [0.05, 0.1) is 0 Å². The Bertz CT molecular complexity index is 72.6. The van der Waals surface area contributed by atoms with Gasteiger partial charge in [0.2, 0.25) is 0 Å². The highest BCUT2D eigenvalue weighted by atomic mass is 35.5. The zero-order valence-corrected chi connectivity index (χ0v) is 6.82. The molecule has 1 aliphatic rings. The second kappa shape index (κ2) is 3.46. The third-order valence-corrected chi connectivity index (χ3v) is 2.79. The molecule has 0 amide bonds. The Balaban J connectivity index is 2.18. The second-order valence-corrected chi connectivity index (χ2v) is 3.59. The fourth-order valence-electron chi connectivity index (χ4n) is 1.48. The van der Waals surface area contributed by atoms with E-state index in [1.807, 2.05) is 0 Å². The van der Waals surface area contributed by atoms with Crippen molar-refractivity contribution < 1.29 is 0 Å². The van der Waals surface area contributed by atoms with E-state index in [-0.39, 0.29) is 0 Å². The first-order chi connectivity index (χ1) is 4.33. The van der Waals surface area contributed by atoms with Gasteiger partial charge in [-0.15, -0.1) is 11.6 Å². The van der Waals surface area contributed by atoms with Crippen LogP contribution in [-0.2, 0) is 0 Å². The van der Waals surface area contributed by atoms with Crippen LogP contribution in [0.15, 0.2) is 0 Å². The van der Waals surface area contributed by atoms with Gasteiger partial charge >= 0.3 is 0 Å². The van der Waals surface area contributed by atoms with E-state index in [0.717, 1.165) is 17.7 Å². The maximum atomic E-state index is 5.73. The van der Waals surface area contributed by atoms with Gasteiger partial charge in [0, 0.05) is 5.88 Å². The van der Waals surface area contributed by atoms with Crippen molar-refractivity contribution in [3.63, 3.8) is 0 Å². The van der Waals surface area contributed by atoms with Crippen molar-refractivity contribution >= 4 is 11.6 Å². The summed E-state index contributed by atoms with van der Waals surface area (Å²) in [4.78, 5) is 0. The average Bonchev–Trinajstić information content (AvgIpc) is 1.90. The highest BCUT2D eigenvalue weighted by molar-refractivity contribution is 6.18. The lowest BCUT2D eigenvalue weighted by molar-refractivity contribution is 0.310. The van der Waals surface area contributed by atoms with Gasteiger partial charge in [0.1, 0.15) is 0 Å². The van der Waals surface area contributed by atoms with E-state index in [4.69, 9.17) is 11.6 Å². The first kappa shape index (κ1) is 7.40. The molecule has 0 saturated heterocycles. The van der Waals surface area contributed by atoms with Crippen molar-refractivity contribution in [1.82, 2.24) is 0 Å². The van der Waals surface area contributed by atoms with Crippen molar-refractivity contribution in [3.8, 4) is 0 Å². The predicted octanol–water partition coefficient (Wildman–Crippen LogP) is 3.05. The molecule has 0 N–H and O–H groups in total. The summed E-state index contributed by atoms with van der Waals surface area (Å²) in [6, 6.07) is 0. The molecule has 0 aliphatic heterocycles. The fraction of sp³-hybridized carbons (Fsp3) is 1.00. The van der Waals surface area contributed by atoms with Gasteiger partial charge in [-0.25, -0.2) is 0 Å². The van der Waals surface area contributed by atoms with E-state index >= 15 is 0 Å². The summed E-state index contributed by atoms with van der Waals surface area (Å²) in [6.45, 7) is 2.34. The zero-order valence-electron chi connectivity index (χ0n) is 6.07. The van der Waals surface area contributed by atoms with Crippen LogP contribution < -0.4 is 0 Å². The van der Waals surface area contributed by atoms with Crippen molar-refractivity contribution in [2.45, 2.75) is 32.6 Å². The van der Waals surface area contributed by atoms with Crippen LogP contribution in [0.1, 0.15) is 32.6 Å². The highest BCUT2D eigenvalue weighted by Crippen LogP contribution is 2.28. The minimum Gasteiger partial charge on any atom is -0.126 e. The molecule has 0 unspecified atom stereocenters. The summed E-state index contributed by atoms with van der Waals surface area (Å²) in [5.74, 6) is 2.68. The van der Waals surface area contributed by atoms with Crippen molar-refractivity contribution in [2.24, 2.45) is 11.8 Å². The average molecular weight is 147 g/mol. The van der Waals surface area contributed by atoms with Gasteiger partial charge in [-0.05, 0) is 24.7 Å². The van der Waals surface area contributed by atoms with Crippen LogP contribution in [-0.4, -0.2) is 5.88 Å². The molecule has 0 atom stereocenters. The molecule has 0 aromatic rings. The van der Waals surface area contributed by atoms with Crippen molar-refractivity contribution in [1.29, 1.82) is 0 Å². The molecule has 0 spiro atoms. The number of hydrogen-bond donors (Lipinski definition) is 0. The van der Waals surface area contributed by atoms with Gasteiger partial charge in [0.25, 0.3) is 0 Å². The summed E-state index contributed by atoms with van der Waals surface area (Å²) in [7, 11) is 0. The van der Waals surface area contributed by atoms with Crippen molar-refractivity contribution in [2.75, 3.05) is 5.88 Å². The van der Waals surface area contributed by atoms with Crippen LogP contribution in [0.5, 0.6) is 0 Å². The largest absolute Gasteiger partial charge is 0.126 e. The number of rotatable bonds is 1. The van der Waals surface area contributed by atoms with Crippen LogP contribution in [0, 0.1) is 11.8 Å². The molecule has 0 heterocycles. The van der Waals surface area contributed by atoms with E-state index in [1.54, 1.807) is 0 Å². The molecule has 54 valence electrons. The Labute approximate surface area is 62.6 Å². The summed E-state index contributed by atoms with van der Waals surface area (Å²) < 4.78 is 0. The third kappa shape index (κ3) is 2.17. The van der Waals surface area contributed by atoms with E-state index < -0.39 is 0 Å². The summed E-state index contributed by atoms with van der Waals surface area (Å²) in [5.41, 5.74) is 0. The molecule has 1 rings (SSSR count). The Hall–Kier alpha value is 0.290. The van der Waals surface area contributed by atoms with Crippen LogP contribution in [0.25, 0.3) is 0 Å². The Morgan fingerprint density at radius 3 is 2.22 bits per heavy atom. The lowest BCUT2D eigenvalue weighted by Crippen LogP contribution is -2.12. The molecule has 1 fully saturated rings. The van der Waals surface area contributed by atoms with E-state index in [0.29, 0.717) is 0 Å². The fourth-order valence-corrected chi connectivity index (χ4v) is 1.79. The van der Waals surface area contributed by atoms with Crippen LogP contribution in [0.4, 0.5) is 0 Å². The molecule has 0 aromatic heterocycles. The molecule has 1 aliphatic carbocycles. The lowest BCUT2D eigenvalue weighted by Gasteiger charge is -2.23. The smallest absolute Gasteiger partial charge is 0.0251 e. The SMILES string of the molecule is CC1CCC(CCl)CC1. The Morgan fingerprint density at radius 1 is 1.22 bits per heavy atom. The standard InChI is InChI=1S/C8H15Cl/c1-7-2-4-8(6-9)5-3-7/h7-8H,2-6H2,1H3. The van der Waals surface area contributed by atoms with E-state index in [1.165, 1.54) is 25.7 Å². The second-order valence-electron chi connectivity index (χ2n) is 3.28. The molecule has 1 saturated carbocycles. The molecule has 1 heteroatoms. The first-order valence-corrected chi connectivity index (χ1v) is 4.42. The zero-order chi connectivity index (χ0) is 6.69. The summed E-state index contributed by atoms with van der Waals surface area (Å²) in [5, 5.41) is 0. The minimum absolute atomic E-state index is 0.836. The van der Waals surface area contributed by atoms with Gasteiger partial charge in [-0.3, -0.25) is 0 Å².